The van der Waals surface area contributed by atoms with Crippen LogP contribution in [-0.4, -0.2) is 54.4 Å². The van der Waals surface area contributed by atoms with Crippen molar-refractivity contribution in [1.82, 2.24) is 10.6 Å². The van der Waals surface area contributed by atoms with E-state index in [-0.39, 0.29) is 12.5 Å². The van der Waals surface area contributed by atoms with Gasteiger partial charge in [-0.25, -0.2) is 0 Å². The molecule has 25 heavy (non-hydrogen) atoms. The zero-order valence-corrected chi connectivity index (χ0v) is 14.8. The maximum Gasteiger partial charge on any atom is 0.310 e. The second-order valence-corrected chi connectivity index (χ2v) is 5.87. The average molecular weight is 352 g/mol. The van der Waals surface area contributed by atoms with E-state index in [0.717, 1.165) is 6.42 Å². The molecule has 2 unspecified atom stereocenters. The number of carbonyl (C=O) groups is 2. The second-order valence-electron chi connectivity index (χ2n) is 5.87. The number of carboxylic acids is 1. The van der Waals surface area contributed by atoms with Gasteiger partial charge in [0.1, 0.15) is 18.5 Å². The van der Waals surface area contributed by atoms with Gasteiger partial charge in [-0.3, -0.25) is 9.59 Å². The van der Waals surface area contributed by atoms with Crippen LogP contribution in [0.2, 0.25) is 0 Å². The van der Waals surface area contributed by atoms with Crippen LogP contribution in [0.25, 0.3) is 0 Å². The van der Waals surface area contributed by atoms with Crippen molar-refractivity contribution >= 4 is 11.9 Å². The first kappa shape index (κ1) is 20.9. The number of ether oxygens (including phenoxy) is 1. The molecular weight excluding hydrogens is 324 g/mol. The maximum atomic E-state index is 11.3. The van der Waals surface area contributed by atoms with Crippen molar-refractivity contribution in [3.63, 3.8) is 0 Å². The largest absolute Gasteiger partial charge is 0.491 e. The van der Waals surface area contributed by atoms with Crippen molar-refractivity contribution in [2.75, 3.05) is 26.2 Å². The molecule has 0 aliphatic rings. The third-order valence-electron chi connectivity index (χ3n) is 3.67. The number of carboxylic acid groups (broad SMARTS) is 1. The number of aliphatic hydroxyl groups excluding tert-OH is 1. The van der Waals surface area contributed by atoms with E-state index in [0.29, 0.717) is 37.4 Å². The zero-order chi connectivity index (χ0) is 18.7. The fourth-order valence-electron chi connectivity index (χ4n) is 2.22. The maximum absolute atomic E-state index is 11.3. The quantitative estimate of drug-likeness (QED) is 0.420. The molecule has 0 spiro atoms. The van der Waals surface area contributed by atoms with Crippen LogP contribution in [0.5, 0.6) is 5.75 Å². The second kappa shape index (κ2) is 11.4. The number of para-hydroxylation sites is 1. The van der Waals surface area contributed by atoms with Crippen molar-refractivity contribution in [2.24, 2.45) is 0 Å². The van der Waals surface area contributed by atoms with Gasteiger partial charge < -0.3 is 25.6 Å². The lowest BCUT2D eigenvalue weighted by atomic mass is 10.0. The summed E-state index contributed by atoms with van der Waals surface area (Å²) in [6.45, 7) is 4.97. The topological polar surface area (TPSA) is 108 Å². The molecule has 1 aromatic rings. The van der Waals surface area contributed by atoms with Gasteiger partial charge in [0.2, 0.25) is 5.91 Å². The molecule has 0 heterocycles. The number of aliphatic hydroxyl groups is 1. The molecule has 1 amide bonds. The minimum Gasteiger partial charge on any atom is -0.491 e. The Kier molecular flexibility index (Phi) is 9.57. The molecule has 0 radical (unpaired) electrons. The number of benzene rings is 1. The van der Waals surface area contributed by atoms with E-state index >= 15 is 0 Å². The number of nitrogens with one attached hydrogen (secondary N) is 2. The van der Waals surface area contributed by atoms with Crippen LogP contribution in [-0.2, 0) is 9.59 Å². The molecule has 0 saturated carbocycles. The van der Waals surface area contributed by atoms with Crippen molar-refractivity contribution < 1.29 is 24.5 Å². The summed E-state index contributed by atoms with van der Waals surface area (Å²) in [6, 6.07) is 6.92. The van der Waals surface area contributed by atoms with Crippen LogP contribution < -0.4 is 15.4 Å². The predicted molar refractivity (Wildman–Crippen MR) is 94.8 cm³/mol. The van der Waals surface area contributed by atoms with E-state index in [9.17, 15) is 14.7 Å². The van der Waals surface area contributed by atoms with Gasteiger partial charge in [0.05, 0.1) is 5.92 Å². The molecule has 1 aromatic carbocycles. The third-order valence-corrected chi connectivity index (χ3v) is 3.67. The van der Waals surface area contributed by atoms with Gasteiger partial charge >= 0.3 is 5.97 Å². The van der Waals surface area contributed by atoms with Crippen LogP contribution in [0.15, 0.2) is 24.3 Å². The van der Waals surface area contributed by atoms with Crippen LogP contribution >= 0.6 is 0 Å². The lowest BCUT2D eigenvalue weighted by molar-refractivity contribution is -0.138. The first-order chi connectivity index (χ1) is 12.0. The van der Waals surface area contributed by atoms with E-state index in [1.807, 2.05) is 6.92 Å². The number of hydrogen-bond acceptors (Lipinski definition) is 5. The van der Waals surface area contributed by atoms with Gasteiger partial charge in [0, 0.05) is 31.6 Å². The van der Waals surface area contributed by atoms with Crippen molar-refractivity contribution in [3.05, 3.63) is 29.8 Å². The fraction of sp³-hybridized carbons (Fsp3) is 0.556. The molecule has 7 heteroatoms. The lowest BCUT2D eigenvalue weighted by Gasteiger charge is -2.17. The molecule has 0 bridgehead atoms. The zero-order valence-electron chi connectivity index (χ0n) is 14.8. The summed E-state index contributed by atoms with van der Waals surface area (Å²) >= 11 is 0. The summed E-state index contributed by atoms with van der Waals surface area (Å²) in [7, 11) is 0. The molecule has 0 aliphatic carbocycles. The minimum absolute atomic E-state index is 0.0253. The van der Waals surface area contributed by atoms with Gasteiger partial charge in [-0.2, -0.15) is 0 Å². The van der Waals surface area contributed by atoms with E-state index in [1.165, 1.54) is 0 Å². The van der Waals surface area contributed by atoms with E-state index in [1.54, 1.807) is 31.2 Å². The Morgan fingerprint density at radius 1 is 1.24 bits per heavy atom. The first-order valence-corrected chi connectivity index (χ1v) is 8.55. The van der Waals surface area contributed by atoms with Crippen LogP contribution in [0.4, 0.5) is 0 Å². The molecule has 4 N–H and O–H groups in total. The number of hydrogen-bond donors (Lipinski definition) is 4. The van der Waals surface area contributed by atoms with E-state index < -0.39 is 18.0 Å². The van der Waals surface area contributed by atoms with Gasteiger partial charge in [-0.05, 0) is 19.4 Å². The first-order valence-electron chi connectivity index (χ1n) is 8.55. The molecule has 0 saturated heterocycles. The molecule has 140 valence electrons. The smallest absolute Gasteiger partial charge is 0.310 e. The van der Waals surface area contributed by atoms with Gasteiger partial charge in [-0.15, -0.1) is 0 Å². The van der Waals surface area contributed by atoms with E-state index in [2.05, 4.69) is 10.6 Å². The monoisotopic (exact) mass is 352 g/mol. The van der Waals surface area contributed by atoms with Crippen LogP contribution in [0.3, 0.4) is 0 Å². The SMILES string of the molecule is CCCC(=O)NCCNCC(O)COc1ccccc1C(C)C(=O)O. The summed E-state index contributed by atoms with van der Waals surface area (Å²) in [5.74, 6) is -1.12. The van der Waals surface area contributed by atoms with Crippen molar-refractivity contribution in [1.29, 1.82) is 0 Å². The van der Waals surface area contributed by atoms with Gasteiger partial charge in [0.25, 0.3) is 0 Å². The van der Waals surface area contributed by atoms with Crippen molar-refractivity contribution in [3.8, 4) is 5.75 Å². The number of rotatable bonds is 12. The van der Waals surface area contributed by atoms with E-state index in [4.69, 9.17) is 9.84 Å². The molecule has 7 nitrogen and oxygen atoms in total. The summed E-state index contributed by atoms with van der Waals surface area (Å²) in [6.07, 6.45) is 0.599. The number of amides is 1. The Morgan fingerprint density at radius 3 is 2.64 bits per heavy atom. The standard InChI is InChI=1S/C18H28N2O5/c1-3-6-17(22)20-10-9-19-11-14(21)12-25-16-8-5-4-7-15(16)13(2)18(23)24/h4-5,7-8,13-14,19,21H,3,6,9-12H2,1-2H3,(H,20,22)(H,23,24). The molecule has 0 fully saturated rings. The molecule has 0 aliphatic heterocycles. The highest BCUT2D eigenvalue weighted by Crippen LogP contribution is 2.26. The predicted octanol–water partition coefficient (Wildman–Crippen LogP) is 1.12. The summed E-state index contributed by atoms with van der Waals surface area (Å²) in [5.41, 5.74) is 0.578. The third kappa shape index (κ3) is 8.00. The highest BCUT2D eigenvalue weighted by molar-refractivity contribution is 5.76. The summed E-state index contributed by atoms with van der Waals surface area (Å²) < 4.78 is 5.57. The summed E-state index contributed by atoms with van der Waals surface area (Å²) in [5, 5.41) is 24.9. The Bertz CT molecular complexity index is 550. The molecule has 2 atom stereocenters. The average Bonchev–Trinajstić information content (AvgIpc) is 2.59. The Labute approximate surface area is 148 Å². The van der Waals surface area contributed by atoms with Gasteiger partial charge in [0.15, 0.2) is 0 Å². The molecular formula is C18H28N2O5. The van der Waals surface area contributed by atoms with Crippen LogP contribution in [0.1, 0.15) is 38.2 Å². The summed E-state index contributed by atoms with van der Waals surface area (Å²) in [4.78, 5) is 22.4. The molecule has 0 aromatic heterocycles. The fourth-order valence-corrected chi connectivity index (χ4v) is 2.22. The lowest BCUT2D eigenvalue weighted by Crippen LogP contribution is -2.37. The highest BCUT2D eigenvalue weighted by Gasteiger charge is 2.18. The normalized spacial score (nSPS) is 13.1. The number of aliphatic carboxylic acids is 1. The van der Waals surface area contributed by atoms with Crippen molar-refractivity contribution in [2.45, 2.75) is 38.7 Å². The van der Waals surface area contributed by atoms with Crippen LogP contribution in [0, 0.1) is 0 Å². The van der Waals surface area contributed by atoms with Gasteiger partial charge in [-0.1, -0.05) is 25.1 Å². The minimum atomic E-state index is -0.927. The Balaban J connectivity index is 2.32. The Hall–Kier alpha value is -2.12. The highest BCUT2D eigenvalue weighted by atomic mass is 16.5. The Morgan fingerprint density at radius 2 is 1.96 bits per heavy atom. The number of carbonyl (C=O) groups excluding carboxylic acids is 1. The molecule has 1 rings (SSSR count).